The monoisotopic (exact) mass is 550 g/mol. The van der Waals surface area contributed by atoms with Crippen LogP contribution in [-0.4, -0.2) is 101 Å². The van der Waals surface area contributed by atoms with Crippen molar-refractivity contribution in [3.8, 4) is 17.2 Å². The van der Waals surface area contributed by atoms with E-state index in [0.717, 1.165) is 11.3 Å². The fraction of sp³-hybridized carbons (Fsp3) is 0.500. The fourth-order valence-corrected chi connectivity index (χ4v) is 5.73. The molecule has 0 amide bonds. The summed E-state index contributed by atoms with van der Waals surface area (Å²) in [7, 11) is 1.27. The van der Waals surface area contributed by atoms with Gasteiger partial charge < -0.3 is 44.6 Å². The molecule has 3 aliphatic heterocycles. The van der Waals surface area contributed by atoms with Crippen molar-refractivity contribution in [1.82, 2.24) is 4.90 Å². The van der Waals surface area contributed by atoms with E-state index in [1.54, 1.807) is 0 Å². The van der Waals surface area contributed by atoms with E-state index in [1.165, 1.54) is 7.11 Å². The number of aromatic hydroxyl groups is 2. The first-order valence-corrected chi connectivity index (χ1v) is 12.8. The van der Waals surface area contributed by atoms with Gasteiger partial charge in [0.05, 0.1) is 19.3 Å². The Hall–Kier alpha value is -2.80. The number of halogens is 1. The first-order chi connectivity index (χ1) is 18.2. The molecule has 0 aromatic heterocycles. The van der Waals surface area contributed by atoms with Gasteiger partial charge in [-0.2, -0.15) is 0 Å². The van der Waals surface area contributed by atoms with Gasteiger partial charge in [-0.25, -0.2) is 4.79 Å². The number of carbonyl (C=O) groups is 1. The van der Waals surface area contributed by atoms with E-state index >= 15 is 0 Å². The van der Waals surface area contributed by atoms with E-state index in [-0.39, 0.29) is 29.0 Å². The number of carbonyl (C=O) groups excluding carboxylic acids is 1. The summed E-state index contributed by atoms with van der Waals surface area (Å²) < 4.78 is 16.5. The Labute approximate surface area is 224 Å². The molecule has 206 valence electrons. The minimum Gasteiger partial charge on any atom is -0.504 e. The van der Waals surface area contributed by atoms with E-state index in [0.29, 0.717) is 31.2 Å². The number of piperazine rings is 1. The van der Waals surface area contributed by atoms with Crippen LogP contribution in [0.4, 0.5) is 5.69 Å². The maximum atomic E-state index is 13.2. The summed E-state index contributed by atoms with van der Waals surface area (Å²) in [5.41, 5.74) is 2.24. The van der Waals surface area contributed by atoms with Crippen molar-refractivity contribution >= 4 is 23.3 Å². The van der Waals surface area contributed by atoms with Crippen molar-refractivity contribution < 1.29 is 44.5 Å². The number of aliphatic hydroxyl groups excluding tert-OH is 3. The van der Waals surface area contributed by atoms with Gasteiger partial charge in [-0.1, -0.05) is 17.7 Å². The lowest BCUT2D eigenvalue weighted by Crippen LogP contribution is -2.58. The third-order valence-corrected chi connectivity index (χ3v) is 7.85. The zero-order chi connectivity index (χ0) is 27.3. The highest BCUT2D eigenvalue weighted by Gasteiger charge is 2.53. The molecule has 5 atom stereocenters. The number of nitrogens with zero attached hydrogens (tertiary/aromatic N) is 2. The number of phenols is 2. The van der Waals surface area contributed by atoms with E-state index in [4.69, 9.17) is 25.8 Å². The molecule has 12 heteroatoms. The van der Waals surface area contributed by atoms with Crippen LogP contribution in [0.25, 0.3) is 0 Å². The van der Waals surface area contributed by atoms with Crippen LogP contribution in [0.1, 0.15) is 33.2 Å². The molecule has 5 rings (SSSR count). The summed E-state index contributed by atoms with van der Waals surface area (Å²) in [5.74, 6) is -2.06. The van der Waals surface area contributed by atoms with Gasteiger partial charge in [0, 0.05) is 54.6 Å². The number of hydrogen-bond donors (Lipinski definition) is 5. The average Bonchev–Trinajstić information content (AvgIpc) is 2.90. The van der Waals surface area contributed by atoms with Crippen LogP contribution in [-0.2, 0) is 16.0 Å². The highest BCUT2D eigenvalue weighted by Crippen LogP contribution is 2.52. The molecule has 2 saturated heterocycles. The Bertz CT molecular complexity index is 1230. The van der Waals surface area contributed by atoms with Gasteiger partial charge in [-0.05, 0) is 24.6 Å². The minimum absolute atomic E-state index is 0.0199. The Balaban J connectivity index is 1.47. The standard InChI is InChI=1S/C26H31ClN2O9/c1-12-3-4-13(27)9-15(12)29-7-5-28(6-8-29)10-14-17-18(21(33)24(36-2)19(14)31)23-25(38-26(17)35)22(34)20(32)16(11-30)37-23/h3-4,9,16,20,22-23,25,30-34H,5-8,10-11H2,1-2H3/t16-,20-,22+,23-,25+/m1/s1. The van der Waals surface area contributed by atoms with Crippen molar-refractivity contribution in [3.05, 3.63) is 45.5 Å². The van der Waals surface area contributed by atoms with E-state index in [2.05, 4.69) is 9.80 Å². The summed E-state index contributed by atoms with van der Waals surface area (Å²) in [4.78, 5) is 17.5. The Morgan fingerprint density at radius 1 is 1.11 bits per heavy atom. The van der Waals surface area contributed by atoms with Crippen molar-refractivity contribution in [1.29, 1.82) is 0 Å². The third kappa shape index (κ3) is 4.42. The van der Waals surface area contributed by atoms with Crippen LogP contribution in [0.3, 0.4) is 0 Å². The SMILES string of the molecule is COc1c(O)c(CN2CCN(c3cc(Cl)ccc3C)CC2)c2c(c1O)[C@H]1O[C@H](CO)[C@@H](O)[C@H](O)[C@@H]1OC2=O. The smallest absolute Gasteiger partial charge is 0.339 e. The summed E-state index contributed by atoms with van der Waals surface area (Å²) in [6, 6.07) is 5.75. The number of rotatable bonds is 5. The predicted octanol–water partition coefficient (Wildman–Crippen LogP) is 1.08. The molecular weight excluding hydrogens is 520 g/mol. The van der Waals surface area contributed by atoms with Gasteiger partial charge in [0.25, 0.3) is 0 Å². The molecule has 0 saturated carbocycles. The van der Waals surface area contributed by atoms with Gasteiger partial charge >= 0.3 is 5.97 Å². The molecule has 0 aliphatic carbocycles. The number of anilines is 1. The Morgan fingerprint density at radius 2 is 1.82 bits per heavy atom. The van der Waals surface area contributed by atoms with Crippen molar-refractivity contribution in [2.75, 3.05) is 44.8 Å². The van der Waals surface area contributed by atoms with E-state index < -0.39 is 54.6 Å². The van der Waals surface area contributed by atoms with E-state index in [1.807, 2.05) is 25.1 Å². The zero-order valence-corrected chi connectivity index (χ0v) is 21.8. The molecule has 2 aromatic rings. The highest BCUT2D eigenvalue weighted by molar-refractivity contribution is 6.30. The first-order valence-electron chi connectivity index (χ1n) is 12.4. The molecule has 0 radical (unpaired) electrons. The van der Waals surface area contributed by atoms with Gasteiger partial charge in [0.1, 0.15) is 24.4 Å². The molecule has 38 heavy (non-hydrogen) atoms. The number of ether oxygens (including phenoxy) is 3. The molecule has 0 spiro atoms. The molecule has 11 nitrogen and oxygen atoms in total. The molecule has 3 aliphatic rings. The fourth-order valence-electron chi connectivity index (χ4n) is 5.56. The predicted molar refractivity (Wildman–Crippen MR) is 136 cm³/mol. The van der Waals surface area contributed by atoms with Crippen LogP contribution in [0, 0.1) is 6.92 Å². The summed E-state index contributed by atoms with van der Waals surface area (Å²) in [5, 5.41) is 53.2. The maximum absolute atomic E-state index is 13.2. The average molecular weight is 551 g/mol. The lowest BCUT2D eigenvalue weighted by Gasteiger charge is -2.45. The number of aryl methyl sites for hydroxylation is 1. The summed E-state index contributed by atoms with van der Waals surface area (Å²) >= 11 is 6.20. The van der Waals surface area contributed by atoms with Gasteiger partial charge in [-0.15, -0.1) is 0 Å². The molecule has 0 bridgehead atoms. The number of esters is 1. The number of fused-ring (bicyclic) bond motifs is 3. The molecule has 2 fully saturated rings. The number of methoxy groups -OCH3 is 1. The van der Waals surface area contributed by atoms with E-state index in [9.17, 15) is 30.3 Å². The lowest BCUT2D eigenvalue weighted by molar-refractivity contribution is -0.235. The highest BCUT2D eigenvalue weighted by atomic mass is 35.5. The number of benzene rings is 2. The van der Waals surface area contributed by atoms with Crippen molar-refractivity contribution in [3.63, 3.8) is 0 Å². The van der Waals surface area contributed by atoms with Gasteiger partial charge in [0.15, 0.2) is 17.6 Å². The van der Waals surface area contributed by atoms with Crippen LogP contribution in [0.2, 0.25) is 5.02 Å². The van der Waals surface area contributed by atoms with Gasteiger partial charge in [0.2, 0.25) is 5.75 Å². The topological polar surface area (TPSA) is 152 Å². The van der Waals surface area contributed by atoms with Crippen molar-refractivity contribution in [2.24, 2.45) is 0 Å². The largest absolute Gasteiger partial charge is 0.504 e. The first kappa shape index (κ1) is 26.8. The minimum atomic E-state index is -1.56. The van der Waals surface area contributed by atoms with Crippen LogP contribution < -0.4 is 9.64 Å². The lowest BCUT2D eigenvalue weighted by atomic mass is 9.84. The quantitative estimate of drug-likeness (QED) is 0.340. The van der Waals surface area contributed by atoms with Crippen LogP contribution in [0.5, 0.6) is 17.2 Å². The van der Waals surface area contributed by atoms with Gasteiger partial charge in [-0.3, -0.25) is 4.90 Å². The second-order valence-corrected chi connectivity index (χ2v) is 10.3. The molecule has 2 aromatic carbocycles. The normalized spacial score (nSPS) is 27.5. The van der Waals surface area contributed by atoms with Crippen LogP contribution in [0.15, 0.2) is 18.2 Å². The molecule has 3 heterocycles. The second-order valence-electron chi connectivity index (χ2n) is 9.82. The van der Waals surface area contributed by atoms with Crippen LogP contribution >= 0.6 is 11.6 Å². The second kappa shape index (κ2) is 10.4. The number of phenolic OH excluding ortho intramolecular Hbond substituents is 2. The Kier molecular flexibility index (Phi) is 7.33. The Morgan fingerprint density at radius 3 is 2.47 bits per heavy atom. The summed E-state index contributed by atoms with van der Waals surface area (Å²) in [6.07, 6.45) is -6.77. The zero-order valence-electron chi connectivity index (χ0n) is 21.0. The maximum Gasteiger partial charge on any atom is 0.339 e. The van der Waals surface area contributed by atoms with Crippen molar-refractivity contribution in [2.45, 2.75) is 44.0 Å². The molecular formula is C26H31ClN2O9. The molecule has 0 unspecified atom stereocenters. The molecule has 5 N–H and O–H groups in total. The third-order valence-electron chi connectivity index (χ3n) is 7.61. The summed E-state index contributed by atoms with van der Waals surface area (Å²) in [6.45, 7) is 4.14. The number of aliphatic hydroxyl groups is 3. The number of hydrogen-bond acceptors (Lipinski definition) is 11.